The Morgan fingerprint density at radius 1 is 1.06 bits per heavy atom. The minimum atomic E-state index is 0.249. The van der Waals surface area contributed by atoms with E-state index < -0.39 is 0 Å². The van der Waals surface area contributed by atoms with Gasteiger partial charge in [-0.1, -0.05) is 36.4 Å². The second-order valence-corrected chi connectivity index (χ2v) is 5.55. The molecule has 2 aromatic rings. The number of rotatable bonds is 5. The minimum Gasteiger partial charge on any atom is -0.149 e. The van der Waals surface area contributed by atoms with E-state index in [1.165, 1.54) is 10.4 Å². The molecule has 0 bridgehead atoms. The molecule has 0 fully saturated rings. The van der Waals surface area contributed by atoms with Gasteiger partial charge >= 0.3 is 0 Å². The predicted octanol–water partition coefficient (Wildman–Crippen LogP) is 4.53. The molecule has 0 saturated carbocycles. The minimum absolute atomic E-state index is 0.249. The Bertz CT molecular complexity index is 394. The summed E-state index contributed by atoms with van der Waals surface area (Å²) in [6, 6.07) is 14.8. The molecule has 16 heavy (non-hydrogen) atoms. The molecule has 1 aromatic carbocycles. The Hall–Kier alpha value is -0.790. The van der Waals surface area contributed by atoms with Gasteiger partial charge in [-0.2, -0.15) is 0 Å². The Labute approximate surface area is 106 Å². The SMILES string of the molecule is ClC(CCc1ccccc1)Cc1cccs1. The maximum atomic E-state index is 6.33. The molecular formula is C14H15ClS. The van der Waals surface area contributed by atoms with Gasteiger partial charge in [0.15, 0.2) is 0 Å². The molecule has 0 spiro atoms. The van der Waals surface area contributed by atoms with Crippen molar-refractivity contribution in [2.45, 2.75) is 24.6 Å². The number of benzene rings is 1. The monoisotopic (exact) mass is 250 g/mol. The summed E-state index contributed by atoms with van der Waals surface area (Å²) in [7, 11) is 0. The number of thiophene rings is 1. The lowest BCUT2D eigenvalue weighted by Gasteiger charge is -2.07. The number of halogens is 1. The van der Waals surface area contributed by atoms with E-state index in [4.69, 9.17) is 11.6 Å². The average Bonchev–Trinajstić information content (AvgIpc) is 2.81. The molecule has 0 aliphatic heterocycles. The first-order valence-electron chi connectivity index (χ1n) is 5.55. The van der Waals surface area contributed by atoms with Crippen LogP contribution in [-0.2, 0) is 12.8 Å². The second kappa shape index (κ2) is 6.07. The van der Waals surface area contributed by atoms with E-state index in [1.54, 1.807) is 11.3 Å². The first-order valence-corrected chi connectivity index (χ1v) is 6.86. The van der Waals surface area contributed by atoms with Gasteiger partial charge in [-0.3, -0.25) is 0 Å². The fraction of sp³-hybridized carbons (Fsp3) is 0.286. The van der Waals surface area contributed by atoms with Crippen LogP contribution in [0.5, 0.6) is 0 Å². The summed E-state index contributed by atoms with van der Waals surface area (Å²) in [5.41, 5.74) is 1.37. The highest BCUT2D eigenvalue weighted by molar-refractivity contribution is 7.09. The summed E-state index contributed by atoms with van der Waals surface area (Å²) in [6.45, 7) is 0. The van der Waals surface area contributed by atoms with Crippen LogP contribution in [0.3, 0.4) is 0 Å². The van der Waals surface area contributed by atoms with Crippen LogP contribution >= 0.6 is 22.9 Å². The molecule has 2 heteroatoms. The fourth-order valence-corrected chi connectivity index (χ4v) is 2.87. The summed E-state index contributed by atoms with van der Waals surface area (Å²) in [5, 5.41) is 2.36. The lowest BCUT2D eigenvalue weighted by Crippen LogP contribution is -2.03. The Kier molecular flexibility index (Phi) is 4.44. The lowest BCUT2D eigenvalue weighted by atomic mass is 10.1. The van der Waals surface area contributed by atoms with Gasteiger partial charge in [0, 0.05) is 10.3 Å². The maximum Gasteiger partial charge on any atom is 0.0387 e. The van der Waals surface area contributed by atoms with E-state index in [0.29, 0.717) is 0 Å². The summed E-state index contributed by atoms with van der Waals surface area (Å²) >= 11 is 8.12. The highest BCUT2D eigenvalue weighted by atomic mass is 35.5. The van der Waals surface area contributed by atoms with Gasteiger partial charge in [0.05, 0.1) is 0 Å². The fourth-order valence-electron chi connectivity index (χ4n) is 1.72. The van der Waals surface area contributed by atoms with Crippen LogP contribution in [0.15, 0.2) is 47.8 Å². The van der Waals surface area contributed by atoms with Crippen molar-refractivity contribution in [2.24, 2.45) is 0 Å². The van der Waals surface area contributed by atoms with Crippen LogP contribution in [0.25, 0.3) is 0 Å². The maximum absolute atomic E-state index is 6.33. The van der Waals surface area contributed by atoms with Crippen molar-refractivity contribution in [3.05, 3.63) is 58.3 Å². The van der Waals surface area contributed by atoms with Crippen LogP contribution in [0.2, 0.25) is 0 Å². The van der Waals surface area contributed by atoms with E-state index >= 15 is 0 Å². The lowest BCUT2D eigenvalue weighted by molar-refractivity contribution is 0.749. The molecule has 1 aromatic heterocycles. The van der Waals surface area contributed by atoms with Crippen molar-refractivity contribution >= 4 is 22.9 Å². The molecule has 0 aliphatic rings. The molecule has 1 unspecified atom stereocenters. The van der Waals surface area contributed by atoms with Crippen molar-refractivity contribution in [2.75, 3.05) is 0 Å². The summed E-state index contributed by atoms with van der Waals surface area (Å²) in [4.78, 5) is 1.38. The predicted molar refractivity (Wildman–Crippen MR) is 72.4 cm³/mol. The van der Waals surface area contributed by atoms with E-state index in [0.717, 1.165) is 19.3 Å². The normalized spacial score (nSPS) is 12.6. The Morgan fingerprint density at radius 3 is 2.56 bits per heavy atom. The molecule has 1 heterocycles. The van der Waals surface area contributed by atoms with Crippen molar-refractivity contribution in [1.29, 1.82) is 0 Å². The molecule has 84 valence electrons. The van der Waals surface area contributed by atoms with Crippen molar-refractivity contribution in [1.82, 2.24) is 0 Å². The molecular weight excluding hydrogens is 236 g/mol. The Morgan fingerprint density at radius 2 is 1.88 bits per heavy atom. The number of aryl methyl sites for hydroxylation is 1. The number of hydrogen-bond donors (Lipinski definition) is 0. The number of hydrogen-bond acceptors (Lipinski definition) is 1. The van der Waals surface area contributed by atoms with Crippen LogP contribution in [0, 0.1) is 0 Å². The standard InChI is InChI=1S/C14H15ClS/c15-13(11-14-7-4-10-16-14)9-8-12-5-2-1-3-6-12/h1-7,10,13H,8-9,11H2. The quantitative estimate of drug-likeness (QED) is 0.684. The van der Waals surface area contributed by atoms with Gasteiger partial charge < -0.3 is 0 Å². The molecule has 0 amide bonds. The van der Waals surface area contributed by atoms with Crippen LogP contribution in [0.4, 0.5) is 0 Å². The second-order valence-electron chi connectivity index (χ2n) is 3.91. The molecule has 1 atom stereocenters. The van der Waals surface area contributed by atoms with Gasteiger partial charge in [-0.25, -0.2) is 0 Å². The molecule has 0 N–H and O–H groups in total. The zero-order valence-electron chi connectivity index (χ0n) is 9.10. The third-order valence-electron chi connectivity index (χ3n) is 2.59. The highest BCUT2D eigenvalue weighted by Crippen LogP contribution is 2.17. The topological polar surface area (TPSA) is 0 Å². The van der Waals surface area contributed by atoms with Crippen molar-refractivity contribution < 1.29 is 0 Å². The molecule has 2 rings (SSSR count). The van der Waals surface area contributed by atoms with Gasteiger partial charge in [-0.05, 0) is 36.3 Å². The average molecular weight is 251 g/mol. The Balaban J connectivity index is 1.78. The summed E-state index contributed by atoms with van der Waals surface area (Å²) in [5.74, 6) is 0. The summed E-state index contributed by atoms with van der Waals surface area (Å²) < 4.78 is 0. The molecule has 0 radical (unpaired) electrons. The third kappa shape index (κ3) is 3.66. The third-order valence-corrected chi connectivity index (χ3v) is 3.86. The highest BCUT2D eigenvalue weighted by Gasteiger charge is 2.06. The zero-order chi connectivity index (χ0) is 11.2. The van der Waals surface area contributed by atoms with Gasteiger partial charge in [0.2, 0.25) is 0 Å². The van der Waals surface area contributed by atoms with Crippen molar-refractivity contribution in [3.8, 4) is 0 Å². The van der Waals surface area contributed by atoms with E-state index in [9.17, 15) is 0 Å². The van der Waals surface area contributed by atoms with Crippen molar-refractivity contribution in [3.63, 3.8) is 0 Å². The van der Waals surface area contributed by atoms with Crippen LogP contribution in [0.1, 0.15) is 16.9 Å². The molecule has 0 saturated heterocycles. The van der Waals surface area contributed by atoms with E-state index in [-0.39, 0.29) is 5.38 Å². The van der Waals surface area contributed by atoms with E-state index in [1.807, 2.05) is 6.07 Å². The van der Waals surface area contributed by atoms with Gasteiger partial charge in [0.1, 0.15) is 0 Å². The zero-order valence-corrected chi connectivity index (χ0v) is 10.7. The molecule has 0 nitrogen and oxygen atoms in total. The van der Waals surface area contributed by atoms with Gasteiger partial charge in [0.25, 0.3) is 0 Å². The van der Waals surface area contributed by atoms with Crippen LogP contribution < -0.4 is 0 Å². The molecule has 0 aliphatic carbocycles. The first kappa shape index (κ1) is 11.7. The summed E-state index contributed by atoms with van der Waals surface area (Å²) in [6.07, 6.45) is 3.11. The largest absolute Gasteiger partial charge is 0.149 e. The van der Waals surface area contributed by atoms with Gasteiger partial charge in [-0.15, -0.1) is 22.9 Å². The first-order chi connectivity index (χ1) is 7.84. The van der Waals surface area contributed by atoms with Crippen LogP contribution in [-0.4, -0.2) is 5.38 Å². The smallest absolute Gasteiger partial charge is 0.0387 e. The van der Waals surface area contributed by atoms with E-state index in [2.05, 4.69) is 41.8 Å². The number of alkyl halides is 1.